The highest BCUT2D eigenvalue weighted by Gasteiger charge is 2.18. The van der Waals surface area contributed by atoms with E-state index in [1.807, 2.05) is 26.0 Å². The van der Waals surface area contributed by atoms with Crippen LogP contribution in [0.15, 0.2) is 16.5 Å². The van der Waals surface area contributed by atoms with Gasteiger partial charge in [0.2, 0.25) is 0 Å². The lowest BCUT2D eigenvalue weighted by Gasteiger charge is -2.03. The first-order valence-electron chi connectivity index (χ1n) is 7.06. The maximum absolute atomic E-state index is 12.2. The highest BCUT2D eigenvalue weighted by molar-refractivity contribution is 6.99. The monoisotopic (exact) mass is 332 g/mol. The number of nitrogens with zero attached hydrogens (tertiary/aromatic N) is 5. The van der Waals surface area contributed by atoms with Crippen molar-refractivity contribution in [3.8, 4) is 0 Å². The van der Waals surface area contributed by atoms with Crippen molar-refractivity contribution in [3.63, 3.8) is 0 Å². The van der Waals surface area contributed by atoms with Gasteiger partial charge in [-0.1, -0.05) is 5.21 Å². The van der Waals surface area contributed by atoms with Gasteiger partial charge in [0.25, 0.3) is 5.91 Å². The topological polar surface area (TPSA) is 98.7 Å². The lowest BCUT2D eigenvalue weighted by molar-refractivity contribution is 0.0942. The second kappa shape index (κ2) is 6.29. The molecule has 0 bridgehead atoms. The molecule has 0 radical (unpaired) electrons. The van der Waals surface area contributed by atoms with Crippen LogP contribution in [0.25, 0.3) is 0 Å². The Hall–Kier alpha value is -2.55. The molecule has 3 rings (SSSR count). The molecule has 0 fully saturated rings. The summed E-state index contributed by atoms with van der Waals surface area (Å²) in [5.74, 6) is 1.23. The minimum absolute atomic E-state index is 0.282. The summed E-state index contributed by atoms with van der Waals surface area (Å²) in [7, 11) is 0. The van der Waals surface area contributed by atoms with E-state index >= 15 is 0 Å². The second-order valence-electron chi connectivity index (χ2n) is 5.17. The molecule has 0 saturated carbocycles. The van der Waals surface area contributed by atoms with E-state index in [2.05, 4.69) is 24.4 Å². The fourth-order valence-electron chi connectivity index (χ4n) is 2.09. The highest BCUT2D eigenvalue weighted by Crippen LogP contribution is 2.11. The molecule has 0 aliphatic carbocycles. The van der Waals surface area contributed by atoms with Gasteiger partial charge in [-0.05, 0) is 32.9 Å². The fraction of sp³-hybridized carbons (Fsp3) is 0.357. The number of furan rings is 1. The van der Waals surface area contributed by atoms with Crippen LogP contribution in [0.3, 0.4) is 0 Å². The third-order valence-electron chi connectivity index (χ3n) is 3.46. The molecule has 3 aromatic heterocycles. The molecule has 0 aromatic carbocycles. The van der Waals surface area contributed by atoms with Crippen LogP contribution >= 0.6 is 11.7 Å². The summed E-state index contributed by atoms with van der Waals surface area (Å²) in [5.41, 5.74) is 2.68. The molecule has 0 aliphatic rings. The maximum atomic E-state index is 12.2. The van der Waals surface area contributed by atoms with Gasteiger partial charge in [-0.25, -0.2) is 4.68 Å². The average molecular weight is 332 g/mol. The number of aryl methyl sites for hydroxylation is 2. The predicted octanol–water partition coefficient (Wildman–Crippen LogP) is 1.63. The molecule has 9 heteroatoms. The van der Waals surface area contributed by atoms with Crippen molar-refractivity contribution >= 4 is 17.6 Å². The minimum atomic E-state index is -0.282. The quantitative estimate of drug-likeness (QED) is 0.762. The third-order valence-corrected chi connectivity index (χ3v) is 4.12. The summed E-state index contributed by atoms with van der Waals surface area (Å²) in [5, 5.41) is 10.8. The first kappa shape index (κ1) is 15.3. The Morgan fingerprint density at radius 3 is 2.78 bits per heavy atom. The van der Waals surface area contributed by atoms with E-state index in [1.165, 1.54) is 0 Å². The molecular formula is C14H16N6O2S. The van der Waals surface area contributed by atoms with Crippen LogP contribution in [0.4, 0.5) is 0 Å². The van der Waals surface area contributed by atoms with E-state index in [0.717, 1.165) is 28.9 Å². The van der Waals surface area contributed by atoms with Crippen molar-refractivity contribution in [2.45, 2.75) is 33.9 Å². The number of hydrogen-bond acceptors (Lipinski definition) is 7. The molecule has 3 aromatic rings. The zero-order valence-corrected chi connectivity index (χ0v) is 13.8. The van der Waals surface area contributed by atoms with Gasteiger partial charge in [0.15, 0.2) is 5.69 Å². The van der Waals surface area contributed by atoms with Crippen LogP contribution in [0.1, 0.15) is 39.1 Å². The third kappa shape index (κ3) is 3.29. The normalized spacial score (nSPS) is 10.9. The van der Waals surface area contributed by atoms with E-state index in [1.54, 1.807) is 11.6 Å². The Kier molecular flexibility index (Phi) is 4.20. The van der Waals surface area contributed by atoms with Gasteiger partial charge in [-0.15, -0.1) is 5.10 Å². The molecule has 0 atom stereocenters. The van der Waals surface area contributed by atoms with Crippen LogP contribution in [0.5, 0.6) is 0 Å². The summed E-state index contributed by atoms with van der Waals surface area (Å²) in [6, 6.07) is 3.69. The van der Waals surface area contributed by atoms with Crippen LogP contribution in [0.2, 0.25) is 0 Å². The molecule has 1 amide bonds. The molecule has 23 heavy (non-hydrogen) atoms. The Bertz CT molecular complexity index is 834. The maximum Gasteiger partial charge on any atom is 0.274 e. The van der Waals surface area contributed by atoms with Crippen molar-refractivity contribution in [2.75, 3.05) is 0 Å². The molecular weight excluding hydrogens is 316 g/mol. The number of hydrogen-bond donors (Lipinski definition) is 1. The zero-order chi connectivity index (χ0) is 16.4. The molecule has 120 valence electrons. The van der Waals surface area contributed by atoms with Gasteiger partial charge in [-0.2, -0.15) is 8.75 Å². The summed E-state index contributed by atoms with van der Waals surface area (Å²) in [4.78, 5) is 12.2. The van der Waals surface area contributed by atoms with Gasteiger partial charge >= 0.3 is 0 Å². The lowest BCUT2D eigenvalue weighted by Crippen LogP contribution is -2.24. The Labute approximate surface area is 136 Å². The van der Waals surface area contributed by atoms with Gasteiger partial charge < -0.3 is 9.73 Å². The van der Waals surface area contributed by atoms with E-state index in [4.69, 9.17) is 4.42 Å². The van der Waals surface area contributed by atoms with Crippen molar-refractivity contribution < 1.29 is 9.21 Å². The van der Waals surface area contributed by atoms with E-state index < -0.39 is 0 Å². The summed E-state index contributed by atoms with van der Waals surface area (Å²) < 4.78 is 15.4. The van der Waals surface area contributed by atoms with Gasteiger partial charge in [0, 0.05) is 0 Å². The number of nitrogens with one attached hydrogen (secondary N) is 1. The molecule has 0 spiro atoms. The number of carbonyl (C=O) groups excluding carboxylic acids is 1. The SMILES string of the molecule is Cc1ccc(CNC(=O)c2nnn(Cc3nsnc3C)c2C)o1. The average Bonchev–Trinajstić information content (AvgIpc) is 3.21. The molecule has 0 aliphatic heterocycles. The van der Waals surface area contributed by atoms with Gasteiger partial charge in [0.1, 0.15) is 11.5 Å². The lowest BCUT2D eigenvalue weighted by atomic mass is 10.3. The van der Waals surface area contributed by atoms with Crippen molar-refractivity contribution in [2.24, 2.45) is 0 Å². The highest BCUT2D eigenvalue weighted by atomic mass is 32.1. The van der Waals surface area contributed by atoms with Crippen molar-refractivity contribution in [3.05, 3.63) is 46.4 Å². The standard InChI is InChI=1S/C14H16N6O2S/c1-8-4-5-11(22-8)6-15-14(21)13-10(3)20(19-16-13)7-12-9(2)17-23-18-12/h4-5H,6-7H2,1-3H3,(H,15,21). The number of carbonyl (C=O) groups is 1. The number of aromatic nitrogens is 5. The fourth-order valence-corrected chi connectivity index (χ4v) is 2.64. The van der Waals surface area contributed by atoms with E-state index in [-0.39, 0.29) is 5.91 Å². The molecule has 0 saturated heterocycles. The van der Waals surface area contributed by atoms with E-state index in [0.29, 0.717) is 30.2 Å². The summed E-state index contributed by atoms with van der Waals surface area (Å²) in [6.07, 6.45) is 0. The summed E-state index contributed by atoms with van der Waals surface area (Å²) >= 11 is 1.16. The first-order valence-corrected chi connectivity index (χ1v) is 7.79. The van der Waals surface area contributed by atoms with Gasteiger partial charge in [0.05, 0.1) is 41.9 Å². The Morgan fingerprint density at radius 1 is 1.30 bits per heavy atom. The Morgan fingerprint density at radius 2 is 2.13 bits per heavy atom. The predicted molar refractivity (Wildman–Crippen MR) is 83.1 cm³/mol. The summed E-state index contributed by atoms with van der Waals surface area (Å²) in [6.45, 7) is 6.32. The van der Waals surface area contributed by atoms with Gasteiger partial charge in [-0.3, -0.25) is 4.79 Å². The number of rotatable bonds is 5. The Balaban J connectivity index is 1.68. The molecule has 3 heterocycles. The minimum Gasteiger partial charge on any atom is -0.465 e. The smallest absolute Gasteiger partial charge is 0.274 e. The number of amides is 1. The zero-order valence-electron chi connectivity index (χ0n) is 13.0. The molecule has 1 N–H and O–H groups in total. The van der Waals surface area contributed by atoms with Crippen LogP contribution in [-0.2, 0) is 13.1 Å². The van der Waals surface area contributed by atoms with E-state index in [9.17, 15) is 4.79 Å². The largest absolute Gasteiger partial charge is 0.465 e. The van der Waals surface area contributed by atoms with Crippen molar-refractivity contribution in [1.29, 1.82) is 0 Å². The second-order valence-corrected chi connectivity index (χ2v) is 5.70. The van der Waals surface area contributed by atoms with Crippen molar-refractivity contribution in [1.82, 2.24) is 29.1 Å². The van der Waals surface area contributed by atoms with Crippen LogP contribution in [0, 0.1) is 20.8 Å². The van der Waals surface area contributed by atoms with Crippen LogP contribution < -0.4 is 5.32 Å². The molecule has 8 nitrogen and oxygen atoms in total. The van der Waals surface area contributed by atoms with Crippen LogP contribution in [-0.4, -0.2) is 29.6 Å². The first-order chi connectivity index (χ1) is 11.0. The molecule has 0 unspecified atom stereocenters.